The lowest BCUT2D eigenvalue weighted by Gasteiger charge is -2.07. The van der Waals surface area contributed by atoms with Crippen LogP contribution in [0.15, 0.2) is 24.3 Å². The van der Waals surface area contributed by atoms with Crippen molar-refractivity contribution in [3.63, 3.8) is 0 Å². The molecule has 0 fully saturated rings. The number of nitrogens with zero attached hydrogens (tertiary/aromatic N) is 4. The minimum atomic E-state index is 0.333. The van der Waals surface area contributed by atoms with Crippen molar-refractivity contribution in [2.24, 2.45) is 0 Å². The Hall–Kier alpha value is -1.95. The minimum Gasteiger partial charge on any atom is -0.384 e. The topological polar surface area (TPSA) is 55.1 Å². The predicted octanol–water partition coefficient (Wildman–Crippen LogP) is 3.27. The summed E-state index contributed by atoms with van der Waals surface area (Å²) in [5.74, 6) is 1.26. The summed E-state index contributed by atoms with van der Waals surface area (Å²) in [6.07, 6.45) is 0.889. The summed E-state index contributed by atoms with van der Waals surface area (Å²) < 4.78 is 1.87. The number of aryl methyl sites for hydroxylation is 1. The number of aromatic nitrogens is 4. The molecule has 0 spiro atoms. The number of para-hydroxylation sites is 1. The molecule has 5 nitrogen and oxygen atoms in total. The van der Waals surface area contributed by atoms with Gasteiger partial charge in [0.05, 0.1) is 0 Å². The summed E-state index contributed by atoms with van der Waals surface area (Å²) >= 11 is 1.61. The van der Waals surface area contributed by atoms with Gasteiger partial charge in [-0.1, -0.05) is 43.4 Å². The van der Waals surface area contributed by atoms with E-state index < -0.39 is 0 Å². The lowest BCUT2D eigenvalue weighted by atomic mass is 10.2. The molecule has 0 amide bonds. The van der Waals surface area contributed by atoms with Crippen LogP contribution in [-0.2, 0) is 6.42 Å². The zero-order chi connectivity index (χ0) is 14.8. The monoisotopic (exact) mass is 301 g/mol. The standard InChI is InChI=1S/C15H19N5S/c1-10(2)14-17-18-15-20(14)19-13(21-15)8-9-16-12-7-5-4-6-11(12)3/h4-7,10,16H,8-9H2,1-3H3. The average molecular weight is 301 g/mol. The van der Waals surface area contributed by atoms with Crippen LogP contribution in [0.3, 0.4) is 0 Å². The first-order valence-electron chi connectivity index (χ1n) is 7.15. The molecule has 110 valence electrons. The quantitative estimate of drug-likeness (QED) is 0.786. The smallest absolute Gasteiger partial charge is 0.234 e. The normalized spacial score (nSPS) is 11.4. The average Bonchev–Trinajstić information content (AvgIpc) is 3.00. The maximum absolute atomic E-state index is 4.62. The van der Waals surface area contributed by atoms with E-state index in [-0.39, 0.29) is 0 Å². The molecule has 6 heteroatoms. The van der Waals surface area contributed by atoms with Crippen LogP contribution in [0.1, 0.15) is 36.2 Å². The summed E-state index contributed by atoms with van der Waals surface area (Å²) in [4.78, 5) is 0.879. The Morgan fingerprint density at radius 3 is 2.81 bits per heavy atom. The van der Waals surface area contributed by atoms with E-state index in [1.54, 1.807) is 11.3 Å². The number of fused-ring (bicyclic) bond motifs is 1. The molecule has 0 aliphatic carbocycles. The second-order valence-electron chi connectivity index (χ2n) is 5.39. The van der Waals surface area contributed by atoms with Crippen LogP contribution in [0.5, 0.6) is 0 Å². The lowest BCUT2D eigenvalue weighted by Crippen LogP contribution is -2.06. The van der Waals surface area contributed by atoms with Crippen LogP contribution in [-0.4, -0.2) is 26.4 Å². The summed E-state index contributed by atoms with van der Waals surface area (Å²) in [5, 5.41) is 17.5. The van der Waals surface area contributed by atoms with Crippen molar-refractivity contribution in [2.75, 3.05) is 11.9 Å². The molecule has 0 radical (unpaired) electrons. The maximum Gasteiger partial charge on any atom is 0.234 e. The molecule has 0 aliphatic heterocycles. The van der Waals surface area contributed by atoms with Crippen molar-refractivity contribution in [1.29, 1.82) is 0 Å². The van der Waals surface area contributed by atoms with Gasteiger partial charge in [-0.3, -0.25) is 0 Å². The van der Waals surface area contributed by atoms with Gasteiger partial charge in [-0.15, -0.1) is 10.2 Å². The van der Waals surface area contributed by atoms with Gasteiger partial charge >= 0.3 is 0 Å². The van der Waals surface area contributed by atoms with Crippen molar-refractivity contribution in [1.82, 2.24) is 19.8 Å². The van der Waals surface area contributed by atoms with Crippen molar-refractivity contribution in [3.05, 3.63) is 40.7 Å². The fraction of sp³-hybridized carbons (Fsp3) is 0.400. The molecular formula is C15H19N5S. The molecule has 0 saturated carbocycles. The number of nitrogens with one attached hydrogen (secondary N) is 1. The highest BCUT2D eigenvalue weighted by molar-refractivity contribution is 7.16. The molecule has 0 bridgehead atoms. The van der Waals surface area contributed by atoms with E-state index in [4.69, 9.17) is 0 Å². The molecule has 3 rings (SSSR count). The highest BCUT2D eigenvalue weighted by atomic mass is 32.1. The second kappa shape index (κ2) is 5.81. The molecule has 2 aromatic heterocycles. The molecule has 0 unspecified atom stereocenters. The Balaban J connectivity index is 1.67. The molecule has 3 aromatic rings. The fourth-order valence-corrected chi connectivity index (χ4v) is 3.05. The zero-order valence-corrected chi connectivity index (χ0v) is 13.3. The van der Waals surface area contributed by atoms with Gasteiger partial charge in [0.1, 0.15) is 5.01 Å². The molecule has 0 atom stereocenters. The van der Waals surface area contributed by atoms with Crippen LogP contribution in [0.4, 0.5) is 5.69 Å². The van der Waals surface area contributed by atoms with Gasteiger partial charge in [-0.2, -0.15) is 9.61 Å². The maximum atomic E-state index is 4.62. The van der Waals surface area contributed by atoms with Crippen molar-refractivity contribution in [2.45, 2.75) is 33.1 Å². The van der Waals surface area contributed by atoms with Crippen molar-refractivity contribution < 1.29 is 0 Å². The molecule has 21 heavy (non-hydrogen) atoms. The summed E-state index contributed by atoms with van der Waals surface area (Å²) in [7, 11) is 0. The van der Waals surface area contributed by atoms with Crippen LogP contribution in [0, 0.1) is 6.92 Å². The van der Waals surface area contributed by atoms with E-state index in [9.17, 15) is 0 Å². The van der Waals surface area contributed by atoms with E-state index in [1.807, 2.05) is 10.6 Å². The Morgan fingerprint density at radius 1 is 1.24 bits per heavy atom. The molecule has 1 N–H and O–H groups in total. The molecule has 0 saturated heterocycles. The SMILES string of the molecule is Cc1ccccc1NCCc1nn2c(C(C)C)nnc2s1. The van der Waals surface area contributed by atoms with Gasteiger partial charge in [0.15, 0.2) is 5.82 Å². The van der Waals surface area contributed by atoms with Gasteiger partial charge < -0.3 is 5.32 Å². The van der Waals surface area contributed by atoms with Crippen LogP contribution in [0.2, 0.25) is 0 Å². The number of anilines is 1. The second-order valence-corrected chi connectivity index (χ2v) is 6.44. The van der Waals surface area contributed by atoms with Gasteiger partial charge in [-0.25, -0.2) is 0 Å². The first kappa shape index (κ1) is 14.0. The van der Waals surface area contributed by atoms with Gasteiger partial charge in [0.25, 0.3) is 0 Å². The first-order valence-corrected chi connectivity index (χ1v) is 7.97. The molecule has 1 aromatic carbocycles. The third-order valence-electron chi connectivity index (χ3n) is 3.37. The largest absolute Gasteiger partial charge is 0.384 e. The van der Waals surface area contributed by atoms with E-state index in [2.05, 4.69) is 59.6 Å². The van der Waals surface area contributed by atoms with Gasteiger partial charge in [-0.05, 0) is 18.6 Å². The van der Waals surface area contributed by atoms with E-state index in [0.29, 0.717) is 5.92 Å². The summed E-state index contributed by atoms with van der Waals surface area (Å²) in [6, 6.07) is 8.31. The minimum absolute atomic E-state index is 0.333. The van der Waals surface area contributed by atoms with E-state index in [1.165, 1.54) is 11.3 Å². The van der Waals surface area contributed by atoms with E-state index in [0.717, 1.165) is 28.8 Å². The zero-order valence-electron chi connectivity index (χ0n) is 12.5. The Labute approximate surface area is 128 Å². The van der Waals surface area contributed by atoms with Gasteiger partial charge in [0.2, 0.25) is 4.96 Å². The number of rotatable bonds is 5. The fourth-order valence-electron chi connectivity index (χ4n) is 2.21. The molecular weight excluding hydrogens is 282 g/mol. The Morgan fingerprint density at radius 2 is 2.05 bits per heavy atom. The first-order chi connectivity index (χ1) is 10.1. The highest BCUT2D eigenvalue weighted by Gasteiger charge is 2.13. The lowest BCUT2D eigenvalue weighted by molar-refractivity contribution is 0.717. The van der Waals surface area contributed by atoms with Crippen LogP contribution < -0.4 is 5.32 Å². The van der Waals surface area contributed by atoms with Crippen LogP contribution in [0.25, 0.3) is 4.96 Å². The number of hydrogen-bond donors (Lipinski definition) is 1. The molecule has 2 heterocycles. The highest BCUT2D eigenvalue weighted by Crippen LogP contribution is 2.19. The Bertz CT molecular complexity index is 743. The number of benzene rings is 1. The summed E-state index contributed by atoms with van der Waals surface area (Å²) in [5.41, 5.74) is 2.45. The van der Waals surface area contributed by atoms with Crippen LogP contribution >= 0.6 is 11.3 Å². The third-order valence-corrected chi connectivity index (χ3v) is 4.33. The van der Waals surface area contributed by atoms with E-state index >= 15 is 0 Å². The third kappa shape index (κ3) is 2.90. The summed E-state index contributed by atoms with van der Waals surface area (Å²) in [6.45, 7) is 7.19. The Kier molecular flexibility index (Phi) is 3.88. The van der Waals surface area contributed by atoms with Crippen molar-refractivity contribution >= 4 is 22.0 Å². The van der Waals surface area contributed by atoms with Crippen molar-refractivity contribution in [3.8, 4) is 0 Å². The molecule has 0 aliphatic rings. The van der Waals surface area contributed by atoms with Gasteiger partial charge in [0, 0.05) is 24.6 Å². The predicted molar refractivity (Wildman–Crippen MR) is 86.1 cm³/mol. The number of hydrogen-bond acceptors (Lipinski definition) is 5.